The molecule has 1 saturated heterocycles. The number of nitrogens with zero attached hydrogens (tertiary/aromatic N) is 1. The van der Waals surface area contributed by atoms with Crippen LogP contribution in [0, 0.1) is 5.82 Å². The Labute approximate surface area is 80.1 Å². The molecule has 0 aromatic carbocycles. The molecule has 0 atom stereocenters. The number of carbonyl (C=O) groups is 1. The van der Waals surface area contributed by atoms with E-state index in [4.69, 9.17) is 4.74 Å². The maximum atomic E-state index is 12.7. The SMILES string of the molecule is O=C(NC1COC1)c1cncc(F)c1. The molecule has 2 heterocycles. The van der Waals surface area contributed by atoms with E-state index in [9.17, 15) is 9.18 Å². The first-order valence-corrected chi connectivity index (χ1v) is 4.25. The largest absolute Gasteiger partial charge is 0.377 e. The van der Waals surface area contributed by atoms with E-state index in [2.05, 4.69) is 10.3 Å². The second-order valence-corrected chi connectivity index (χ2v) is 3.10. The first-order valence-electron chi connectivity index (χ1n) is 4.25. The smallest absolute Gasteiger partial charge is 0.253 e. The van der Waals surface area contributed by atoms with Gasteiger partial charge in [0.25, 0.3) is 5.91 Å². The van der Waals surface area contributed by atoms with E-state index in [1.165, 1.54) is 6.20 Å². The first-order chi connectivity index (χ1) is 6.75. The summed E-state index contributed by atoms with van der Waals surface area (Å²) in [4.78, 5) is 15.0. The zero-order chi connectivity index (χ0) is 9.97. The van der Waals surface area contributed by atoms with Crippen molar-refractivity contribution in [2.75, 3.05) is 13.2 Å². The lowest BCUT2D eigenvalue weighted by atomic mass is 10.2. The van der Waals surface area contributed by atoms with Crippen LogP contribution in [0.25, 0.3) is 0 Å². The lowest BCUT2D eigenvalue weighted by molar-refractivity contribution is -0.00347. The van der Waals surface area contributed by atoms with Crippen molar-refractivity contribution in [1.82, 2.24) is 10.3 Å². The summed E-state index contributed by atoms with van der Waals surface area (Å²) >= 11 is 0. The lowest BCUT2D eigenvalue weighted by Crippen LogP contribution is -2.48. The van der Waals surface area contributed by atoms with Crippen LogP contribution in [0.2, 0.25) is 0 Å². The van der Waals surface area contributed by atoms with Gasteiger partial charge in [0.2, 0.25) is 0 Å². The predicted molar refractivity (Wildman–Crippen MR) is 46.3 cm³/mol. The number of aromatic nitrogens is 1. The highest BCUT2D eigenvalue weighted by Crippen LogP contribution is 2.04. The normalized spacial score (nSPS) is 16.1. The van der Waals surface area contributed by atoms with Crippen molar-refractivity contribution < 1.29 is 13.9 Å². The number of halogens is 1. The Bertz CT molecular complexity index is 352. The summed E-state index contributed by atoms with van der Waals surface area (Å²) in [5.41, 5.74) is 0.233. The molecule has 1 N–H and O–H groups in total. The van der Waals surface area contributed by atoms with Crippen molar-refractivity contribution in [2.45, 2.75) is 6.04 Å². The fourth-order valence-electron chi connectivity index (χ4n) is 1.12. The Morgan fingerprint density at radius 3 is 2.93 bits per heavy atom. The Morgan fingerprint density at radius 1 is 1.57 bits per heavy atom. The number of nitrogens with one attached hydrogen (secondary N) is 1. The molecule has 1 aromatic heterocycles. The van der Waals surface area contributed by atoms with Crippen LogP contribution < -0.4 is 5.32 Å². The maximum Gasteiger partial charge on any atom is 0.253 e. The van der Waals surface area contributed by atoms with E-state index in [1.54, 1.807) is 0 Å². The van der Waals surface area contributed by atoms with Gasteiger partial charge in [-0.25, -0.2) is 4.39 Å². The number of ether oxygens (including phenoxy) is 1. The zero-order valence-electron chi connectivity index (χ0n) is 7.37. The van der Waals surface area contributed by atoms with Gasteiger partial charge in [0.15, 0.2) is 0 Å². The minimum Gasteiger partial charge on any atom is -0.377 e. The highest BCUT2D eigenvalue weighted by Gasteiger charge is 2.21. The van der Waals surface area contributed by atoms with Crippen molar-refractivity contribution >= 4 is 5.91 Å². The van der Waals surface area contributed by atoms with Gasteiger partial charge in [-0.2, -0.15) is 0 Å². The minimum absolute atomic E-state index is 0.0470. The summed E-state index contributed by atoms with van der Waals surface area (Å²) in [6, 6.07) is 1.20. The van der Waals surface area contributed by atoms with Gasteiger partial charge in [0, 0.05) is 6.20 Å². The van der Waals surface area contributed by atoms with Gasteiger partial charge < -0.3 is 10.1 Å². The number of amides is 1. The van der Waals surface area contributed by atoms with Gasteiger partial charge in [0.05, 0.1) is 31.0 Å². The second kappa shape index (κ2) is 3.71. The van der Waals surface area contributed by atoms with Crippen LogP contribution in [0.3, 0.4) is 0 Å². The number of carbonyl (C=O) groups excluding carboxylic acids is 1. The van der Waals surface area contributed by atoms with Crippen LogP contribution in [0.4, 0.5) is 4.39 Å². The summed E-state index contributed by atoms with van der Waals surface area (Å²) in [6.07, 6.45) is 2.39. The molecule has 1 aliphatic rings. The molecule has 0 saturated carbocycles. The van der Waals surface area contributed by atoms with E-state index in [1.807, 2.05) is 0 Å². The molecule has 1 fully saturated rings. The number of hydrogen-bond donors (Lipinski definition) is 1. The van der Waals surface area contributed by atoms with E-state index >= 15 is 0 Å². The van der Waals surface area contributed by atoms with Crippen molar-refractivity contribution in [3.05, 3.63) is 29.8 Å². The summed E-state index contributed by atoms with van der Waals surface area (Å²) in [5, 5.41) is 2.69. The van der Waals surface area contributed by atoms with Crippen molar-refractivity contribution in [3.8, 4) is 0 Å². The van der Waals surface area contributed by atoms with Gasteiger partial charge in [0.1, 0.15) is 5.82 Å². The Kier molecular flexibility index (Phi) is 2.41. The first kappa shape index (κ1) is 9.08. The molecule has 0 unspecified atom stereocenters. The van der Waals surface area contributed by atoms with Crippen LogP contribution in [-0.2, 0) is 4.74 Å². The molecule has 2 rings (SSSR count). The molecule has 5 heteroatoms. The molecule has 1 aromatic rings. The summed E-state index contributed by atoms with van der Waals surface area (Å²) in [7, 11) is 0. The van der Waals surface area contributed by atoms with Crippen molar-refractivity contribution in [3.63, 3.8) is 0 Å². The third-order valence-electron chi connectivity index (χ3n) is 1.94. The van der Waals surface area contributed by atoms with Crippen LogP contribution in [0.1, 0.15) is 10.4 Å². The molecule has 14 heavy (non-hydrogen) atoms. The molecule has 0 spiro atoms. The van der Waals surface area contributed by atoms with Crippen molar-refractivity contribution in [2.24, 2.45) is 0 Å². The molecule has 74 valence electrons. The van der Waals surface area contributed by atoms with Gasteiger partial charge in [-0.3, -0.25) is 9.78 Å². The fourth-order valence-corrected chi connectivity index (χ4v) is 1.12. The third-order valence-corrected chi connectivity index (χ3v) is 1.94. The fraction of sp³-hybridized carbons (Fsp3) is 0.333. The Balaban J connectivity index is 2.02. The maximum absolute atomic E-state index is 12.7. The Hall–Kier alpha value is -1.49. The summed E-state index contributed by atoms with van der Waals surface area (Å²) in [6.45, 7) is 1.04. The monoisotopic (exact) mass is 196 g/mol. The van der Waals surface area contributed by atoms with E-state index in [-0.39, 0.29) is 17.5 Å². The third kappa shape index (κ3) is 1.88. The number of hydrogen-bond acceptors (Lipinski definition) is 3. The molecule has 0 radical (unpaired) electrons. The van der Waals surface area contributed by atoms with Crippen LogP contribution in [0.15, 0.2) is 18.5 Å². The molecular weight excluding hydrogens is 187 g/mol. The molecule has 0 aliphatic carbocycles. The summed E-state index contributed by atoms with van der Waals surface area (Å²) < 4.78 is 17.6. The van der Waals surface area contributed by atoms with E-state index in [0.29, 0.717) is 13.2 Å². The van der Waals surface area contributed by atoms with Gasteiger partial charge in [-0.1, -0.05) is 0 Å². The highest BCUT2D eigenvalue weighted by molar-refractivity contribution is 5.94. The van der Waals surface area contributed by atoms with Crippen LogP contribution >= 0.6 is 0 Å². The number of rotatable bonds is 2. The number of pyridine rings is 1. The highest BCUT2D eigenvalue weighted by atomic mass is 19.1. The second-order valence-electron chi connectivity index (χ2n) is 3.10. The average molecular weight is 196 g/mol. The van der Waals surface area contributed by atoms with Crippen LogP contribution in [0.5, 0.6) is 0 Å². The summed E-state index contributed by atoms with van der Waals surface area (Å²) in [5.74, 6) is -0.826. The molecule has 0 bridgehead atoms. The average Bonchev–Trinajstić information content (AvgIpc) is 2.11. The van der Waals surface area contributed by atoms with E-state index < -0.39 is 5.82 Å². The molecule has 1 aliphatic heterocycles. The topological polar surface area (TPSA) is 51.2 Å². The minimum atomic E-state index is -0.512. The standard InChI is InChI=1S/C9H9FN2O2/c10-7-1-6(2-11-3-7)9(13)12-8-4-14-5-8/h1-3,8H,4-5H2,(H,12,13). The lowest BCUT2D eigenvalue weighted by Gasteiger charge is -2.26. The van der Waals surface area contributed by atoms with Crippen molar-refractivity contribution in [1.29, 1.82) is 0 Å². The van der Waals surface area contributed by atoms with Gasteiger partial charge in [-0.15, -0.1) is 0 Å². The predicted octanol–water partition coefficient (Wildman–Crippen LogP) is 0.349. The van der Waals surface area contributed by atoms with Gasteiger partial charge >= 0.3 is 0 Å². The zero-order valence-corrected chi connectivity index (χ0v) is 7.37. The van der Waals surface area contributed by atoms with Gasteiger partial charge in [-0.05, 0) is 6.07 Å². The molecule has 4 nitrogen and oxygen atoms in total. The molecular formula is C9H9FN2O2. The Morgan fingerprint density at radius 2 is 2.36 bits per heavy atom. The van der Waals surface area contributed by atoms with E-state index in [0.717, 1.165) is 12.3 Å². The van der Waals surface area contributed by atoms with Crippen LogP contribution in [-0.4, -0.2) is 30.1 Å². The quantitative estimate of drug-likeness (QED) is 0.742. The molecule has 1 amide bonds.